The van der Waals surface area contributed by atoms with E-state index < -0.39 is 0 Å². The average Bonchev–Trinajstić information content (AvgIpc) is 2.84. The fourth-order valence-electron chi connectivity index (χ4n) is 2.91. The van der Waals surface area contributed by atoms with Gasteiger partial charge in [-0.05, 0) is 43.9 Å². The first-order valence-corrected chi connectivity index (χ1v) is 7.33. The highest BCUT2D eigenvalue weighted by Gasteiger charge is 2.23. The number of hydrogen-bond acceptors (Lipinski definition) is 4. The maximum absolute atomic E-state index is 11.6. The van der Waals surface area contributed by atoms with Crippen LogP contribution >= 0.6 is 0 Å². The van der Waals surface area contributed by atoms with Crippen LogP contribution in [0.25, 0.3) is 11.0 Å². The largest absolute Gasteiger partial charge is 0.493 e. The molecule has 1 fully saturated rings. The number of rotatable bonds is 4. The second-order valence-electron chi connectivity index (χ2n) is 5.60. The molecule has 1 aliphatic carbocycles. The van der Waals surface area contributed by atoms with Gasteiger partial charge in [0.2, 0.25) is 0 Å². The number of carbonyl (C=O) groups is 1. The van der Waals surface area contributed by atoms with Crippen LogP contribution in [0.5, 0.6) is 5.75 Å². The van der Waals surface area contributed by atoms with Gasteiger partial charge in [0.25, 0.3) is 0 Å². The van der Waals surface area contributed by atoms with Crippen LogP contribution in [-0.4, -0.2) is 12.4 Å². The third kappa shape index (κ3) is 2.99. The first kappa shape index (κ1) is 13.9. The molecule has 1 unspecified atom stereocenters. The van der Waals surface area contributed by atoms with Crippen LogP contribution in [0, 0.1) is 12.8 Å². The molecule has 4 nitrogen and oxygen atoms in total. The number of benzene rings is 1. The first-order valence-electron chi connectivity index (χ1n) is 7.33. The second-order valence-corrected chi connectivity index (χ2v) is 5.60. The summed E-state index contributed by atoms with van der Waals surface area (Å²) >= 11 is 0. The number of ketones is 1. The normalized spacial score (nSPS) is 18.3. The van der Waals surface area contributed by atoms with Crippen LogP contribution < -0.4 is 10.4 Å². The summed E-state index contributed by atoms with van der Waals surface area (Å²) in [6, 6.07) is 6.98. The van der Waals surface area contributed by atoms with Crippen molar-refractivity contribution in [1.29, 1.82) is 0 Å². The van der Waals surface area contributed by atoms with Crippen molar-refractivity contribution in [2.45, 2.75) is 32.6 Å². The van der Waals surface area contributed by atoms with Gasteiger partial charge in [0.05, 0.1) is 6.61 Å². The molecule has 4 heteroatoms. The lowest BCUT2D eigenvalue weighted by Gasteiger charge is -2.10. The third-order valence-corrected chi connectivity index (χ3v) is 4.09. The number of ether oxygens (including phenoxy) is 1. The van der Waals surface area contributed by atoms with Crippen molar-refractivity contribution in [2.75, 3.05) is 6.61 Å². The lowest BCUT2D eigenvalue weighted by molar-refractivity contribution is -0.121. The van der Waals surface area contributed by atoms with Crippen molar-refractivity contribution in [3.63, 3.8) is 0 Å². The van der Waals surface area contributed by atoms with Gasteiger partial charge in [-0.1, -0.05) is 0 Å². The number of hydrogen-bond donors (Lipinski definition) is 0. The van der Waals surface area contributed by atoms with E-state index in [-0.39, 0.29) is 11.5 Å². The minimum Gasteiger partial charge on any atom is -0.493 e. The molecule has 0 N–H and O–H groups in total. The summed E-state index contributed by atoms with van der Waals surface area (Å²) in [6.45, 7) is 2.39. The number of fused-ring (bicyclic) bond motifs is 1. The van der Waals surface area contributed by atoms with Gasteiger partial charge < -0.3 is 9.15 Å². The number of Topliss-reactive ketones (excluding diaryl/α,β-unsaturated/α-hetero) is 1. The number of carbonyl (C=O) groups excluding carboxylic acids is 1. The summed E-state index contributed by atoms with van der Waals surface area (Å²) in [4.78, 5) is 23.0. The molecule has 0 saturated heterocycles. The van der Waals surface area contributed by atoms with Gasteiger partial charge in [-0.15, -0.1) is 0 Å². The minimum atomic E-state index is -0.353. The lowest BCUT2D eigenvalue weighted by Crippen LogP contribution is -2.11. The molecule has 0 spiro atoms. The highest BCUT2D eigenvalue weighted by atomic mass is 16.5. The van der Waals surface area contributed by atoms with Crippen molar-refractivity contribution in [3.05, 3.63) is 40.2 Å². The van der Waals surface area contributed by atoms with Crippen molar-refractivity contribution in [1.82, 2.24) is 0 Å². The quantitative estimate of drug-likeness (QED) is 0.810. The standard InChI is InChI=1S/C17H18O4/c1-11-9-17(19)21-16-10-13(5-6-14(11)16)20-8-7-12-3-2-4-15(12)18/h5-6,9-10,12H,2-4,7-8H2,1H3. The molecule has 1 aromatic heterocycles. The Kier molecular flexibility index (Phi) is 3.78. The Bertz CT molecular complexity index is 729. The monoisotopic (exact) mass is 286 g/mol. The van der Waals surface area contributed by atoms with Crippen LogP contribution in [0.15, 0.2) is 33.5 Å². The van der Waals surface area contributed by atoms with E-state index in [1.54, 1.807) is 6.07 Å². The SMILES string of the molecule is Cc1cc(=O)oc2cc(OCCC3CCCC3=O)ccc12. The van der Waals surface area contributed by atoms with Crippen LogP contribution in [0.3, 0.4) is 0 Å². The Morgan fingerprint density at radius 3 is 2.90 bits per heavy atom. The van der Waals surface area contributed by atoms with E-state index in [9.17, 15) is 9.59 Å². The average molecular weight is 286 g/mol. The van der Waals surface area contributed by atoms with Gasteiger partial charge in [0, 0.05) is 29.9 Å². The molecule has 3 rings (SSSR count). The van der Waals surface area contributed by atoms with E-state index in [4.69, 9.17) is 9.15 Å². The molecule has 1 saturated carbocycles. The molecule has 0 radical (unpaired) electrons. The van der Waals surface area contributed by atoms with E-state index in [1.807, 2.05) is 19.1 Å². The molecule has 1 atom stereocenters. The van der Waals surface area contributed by atoms with Crippen LogP contribution in [0.4, 0.5) is 0 Å². The van der Waals surface area contributed by atoms with Gasteiger partial charge in [-0.3, -0.25) is 4.79 Å². The van der Waals surface area contributed by atoms with E-state index >= 15 is 0 Å². The maximum Gasteiger partial charge on any atom is 0.336 e. The van der Waals surface area contributed by atoms with Gasteiger partial charge >= 0.3 is 5.63 Å². The smallest absolute Gasteiger partial charge is 0.336 e. The summed E-state index contributed by atoms with van der Waals surface area (Å²) in [7, 11) is 0. The molecule has 1 aliphatic rings. The predicted octanol–water partition coefficient (Wildman–Crippen LogP) is 3.24. The third-order valence-electron chi connectivity index (χ3n) is 4.09. The molecule has 0 aliphatic heterocycles. The zero-order valence-corrected chi connectivity index (χ0v) is 12.1. The van der Waals surface area contributed by atoms with Crippen molar-refractivity contribution in [3.8, 4) is 5.75 Å². The summed E-state index contributed by atoms with van der Waals surface area (Å²) in [5, 5.41) is 0.910. The minimum absolute atomic E-state index is 0.158. The van der Waals surface area contributed by atoms with E-state index in [1.165, 1.54) is 6.07 Å². The predicted molar refractivity (Wildman–Crippen MR) is 79.7 cm³/mol. The summed E-state index contributed by atoms with van der Waals surface area (Å²) in [5.74, 6) is 1.19. The molecular weight excluding hydrogens is 268 g/mol. The zero-order valence-electron chi connectivity index (χ0n) is 12.1. The highest BCUT2D eigenvalue weighted by Crippen LogP contribution is 2.26. The fraction of sp³-hybridized carbons (Fsp3) is 0.412. The molecule has 21 heavy (non-hydrogen) atoms. The summed E-state index contributed by atoms with van der Waals surface area (Å²) < 4.78 is 10.9. The Morgan fingerprint density at radius 2 is 2.14 bits per heavy atom. The Labute approximate surface area is 122 Å². The molecule has 1 aromatic carbocycles. The van der Waals surface area contributed by atoms with E-state index in [0.29, 0.717) is 30.1 Å². The van der Waals surface area contributed by atoms with Gasteiger partial charge in [-0.25, -0.2) is 4.79 Å². The summed E-state index contributed by atoms with van der Waals surface area (Å²) in [5.41, 5.74) is 1.08. The highest BCUT2D eigenvalue weighted by molar-refractivity contribution is 5.83. The molecular formula is C17H18O4. The van der Waals surface area contributed by atoms with Crippen molar-refractivity contribution in [2.24, 2.45) is 5.92 Å². The second kappa shape index (κ2) is 5.72. The van der Waals surface area contributed by atoms with Crippen molar-refractivity contribution < 1.29 is 13.9 Å². The van der Waals surface area contributed by atoms with Gasteiger partial charge in [-0.2, -0.15) is 0 Å². The zero-order chi connectivity index (χ0) is 14.8. The Morgan fingerprint density at radius 1 is 1.29 bits per heavy atom. The maximum atomic E-state index is 11.6. The lowest BCUT2D eigenvalue weighted by atomic mass is 10.0. The van der Waals surface area contributed by atoms with Gasteiger partial charge in [0.1, 0.15) is 17.1 Å². The molecule has 0 bridgehead atoms. The molecule has 110 valence electrons. The topological polar surface area (TPSA) is 56.5 Å². The van der Waals surface area contributed by atoms with Crippen LogP contribution in [0.1, 0.15) is 31.2 Å². The molecule has 2 aromatic rings. The molecule has 0 amide bonds. The Balaban J connectivity index is 1.70. The van der Waals surface area contributed by atoms with Gasteiger partial charge in [0.15, 0.2) is 0 Å². The first-order chi connectivity index (χ1) is 10.1. The summed E-state index contributed by atoms with van der Waals surface area (Å²) in [6.07, 6.45) is 3.46. The van der Waals surface area contributed by atoms with E-state index in [0.717, 1.165) is 30.2 Å². The van der Waals surface area contributed by atoms with E-state index in [2.05, 4.69) is 0 Å². The molecule has 1 heterocycles. The fourth-order valence-corrected chi connectivity index (χ4v) is 2.91. The van der Waals surface area contributed by atoms with Crippen LogP contribution in [0.2, 0.25) is 0 Å². The number of aryl methyl sites for hydroxylation is 1. The van der Waals surface area contributed by atoms with Crippen molar-refractivity contribution >= 4 is 16.8 Å². The van der Waals surface area contributed by atoms with Crippen LogP contribution in [-0.2, 0) is 4.79 Å². The Hall–Kier alpha value is -2.10.